The van der Waals surface area contributed by atoms with E-state index in [1.165, 1.54) is 24.3 Å². The summed E-state index contributed by atoms with van der Waals surface area (Å²) in [4.78, 5) is 19.7. The van der Waals surface area contributed by atoms with E-state index in [0.717, 1.165) is 24.5 Å². The summed E-state index contributed by atoms with van der Waals surface area (Å²) in [5.41, 5.74) is 1.69. The summed E-state index contributed by atoms with van der Waals surface area (Å²) < 4.78 is 40.3. The van der Waals surface area contributed by atoms with E-state index in [0.29, 0.717) is 12.1 Å². The maximum atomic E-state index is 14.1. The number of benzene rings is 2. The van der Waals surface area contributed by atoms with Crippen LogP contribution in [0.5, 0.6) is 0 Å². The number of hydrogen-bond acceptors (Lipinski definition) is 3. The molecule has 0 bridgehead atoms. The van der Waals surface area contributed by atoms with Crippen molar-refractivity contribution < 1.29 is 22.8 Å². The van der Waals surface area contributed by atoms with Crippen molar-refractivity contribution in [1.82, 2.24) is 4.90 Å². The molecule has 1 aliphatic heterocycles. The minimum absolute atomic E-state index is 0.0394. The second kappa shape index (κ2) is 7.66. The fourth-order valence-electron chi connectivity index (χ4n) is 3.26. The Morgan fingerprint density at radius 3 is 2.46 bits per heavy atom. The summed E-state index contributed by atoms with van der Waals surface area (Å²) in [7, 11) is 0. The van der Waals surface area contributed by atoms with Crippen LogP contribution in [0.1, 0.15) is 30.4 Å². The van der Waals surface area contributed by atoms with E-state index in [-0.39, 0.29) is 42.4 Å². The summed E-state index contributed by atoms with van der Waals surface area (Å²) in [6.07, 6.45) is 1.74. The lowest BCUT2D eigenvalue weighted by molar-refractivity contribution is -0.135. The fraction of sp³-hybridized carbons (Fsp3) is 0.333. The SMILES string of the molecule is O=C(C1CC1)N(Cc1ccc(F)cc1F)CC1CC(c2ccc(F)cc2)=NO1. The zero-order chi connectivity index (χ0) is 19.7. The molecule has 7 heteroatoms. The molecule has 4 rings (SSSR count). The third-order valence-corrected chi connectivity index (χ3v) is 4.95. The van der Waals surface area contributed by atoms with Gasteiger partial charge in [0.1, 0.15) is 17.5 Å². The van der Waals surface area contributed by atoms with E-state index in [4.69, 9.17) is 4.84 Å². The van der Waals surface area contributed by atoms with Crippen molar-refractivity contribution in [1.29, 1.82) is 0 Å². The quantitative estimate of drug-likeness (QED) is 0.750. The van der Waals surface area contributed by atoms with Crippen LogP contribution in [-0.4, -0.2) is 29.2 Å². The number of carbonyl (C=O) groups excluding carboxylic acids is 1. The Bertz CT molecular complexity index is 910. The van der Waals surface area contributed by atoms with Crippen LogP contribution in [0.15, 0.2) is 47.6 Å². The van der Waals surface area contributed by atoms with E-state index < -0.39 is 11.6 Å². The number of amides is 1. The Hall–Kier alpha value is -2.83. The van der Waals surface area contributed by atoms with Crippen molar-refractivity contribution in [2.75, 3.05) is 6.54 Å². The van der Waals surface area contributed by atoms with Crippen LogP contribution in [0.4, 0.5) is 13.2 Å². The Morgan fingerprint density at radius 1 is 1.07 bits per heavy atom. The van der Waals surface area contributed by atoms with E-state index >= 15 is 0 Å². The number of rotatable bonds is 6. The van der Waals surface area contributed by atoms with Gasteiger partial charge >= 0.3 is 0 Å². The van der Waals surface area contributed by atoms with Crippen LogP contribution in [-0.2, 0) is 16.2 Å². The molecular formula is C21H19F3N2O2. The highest BCUT2D eigenvalue weighted by atomic mass is 19.1. The highest BCUT2D eigenvalue weighted by molar-refractivity contribution is 6.01. The maximum absolute atomic E-state index is 14.1. The normalized spacial score (nSPS) is 18.5. The van der Waals surface area contributed by atoms with E-state index in [2.05, 4.69) is 5.16 Å². The third-order valence-electron chi connectivity index (χ3n) is 4.95. The van der Waals surface area contributed by atoms with Gasteiger partial charge in [0.2, 0.25) is 5.91 Å². The van der Waals surface area contributed by atoms with Crippen LogP contribution >= 0.6 is 0 Å². The predicted molar refractivity (Wildman–Crippen MR) is 96.9 cm³/mol. The van der Waals surface area contributed by atoms with Crippen LogP contribution < -0.4 is 0 Å². The molecule has 2 aromatic carbocycles. The molecule has 1 aliphatic carbocycles. The number of halogens is 3. The smallest absolute Gasteiger partial charge is 0.226 e. The van der Waals surface area contributed by atoms with Crippen molar-refractivity contribution in [3.63, 3.8) is 0 Å². The molecule has 146 valence electrons. The van der Waals surface area contributed by atoms with Gasteiger partial charge < -0.3 is 9.74 Å². The monoisotopic (exact) mass is 388 g/mol. The molecule has 0 aromatic heterocycles. The molecular weight excluding hydrogens is 369 g/mol. The second-order valence-corrected chi connectivity index (χ2v) is 7.21. The third kappa shape index (κ3) is 4.18. The molecule has 4 nitrogen and oxygen atoms in total. The lowest BCUT2D eigenvalue weighted by Gasteiger charge is -2.25. The van der Waals surface area contributed by atoms with Crippen molar-refractivity contribution >= 4 is 11.6 Å². The van der Waals surface area contributed by atoms with Crippen molar-refractivity contribution in [2.45, 2.75) is 31.9 Å². The van der Waals surface area contributed by atoms with Crippen molar-refractivity contribution in [3.8, 4) is 0 Å². The molecule has 1 saturated carbocycles. The van der Waals surface area contributed by atoms with Gasteiger partial charge in [-0.25, -0.2) is 13.2 Å². The average Bonchev–Trinajstić information content (AvgIpc) is 3.42. The van der Waals surface area contributed by atoms with Crippen LogP contribution in [0.3, 0.4) is 0 Å². The Kier molecular flexibility index (Phi) is 5.07. The van der Waals surface area contributed by atoms with Crippen molar-refractivity contribution in [2.24, 2.45) is 11.1 Å². The molecule has 1 unspecified atom stereocenters. The molecule has 2 aromatic rings. The maximum Gasteiger partial charge on any atom is 0.226 e. The molecule has 1 amide bonds. The molecule has 0 spiro atoms. The Balaban J connectivity index is 1.44. The fourth-order valence-corrected chi connectivity index (χ4v) is 3.26. The number of hydrogen-bond donors (Lipinski definition) is 0. The molecule has 1 heterocycles. The first-order valence-corrected chi connectivity index (χ1v) is 9.21. The number of nitrogens with zero attached hydrogens (tertiary/aromatic N) is 2. The minimum atomic E-state index is -0.677. The first-order chi connectivity index (χ1) is 13.5. The first-order valence-electron chi connectivity index (χ1n) is 9.21. The molecule has 0 N–H and O–H groups in total. The predicted octanol–water partition coefficient (Wildman–Crippen LogP) is 4.04. The average molecular weight is 388 g/mol. The molecule has 0 saturated heterocycles. The van der Waals surface area contributed by atoms with Gasteiger partial charge in [-0.15, -0.1) is 0 Å². The highest BCUT2D eigenvalue weighted by Gasteiger charge is 2.36. The highest BCUT2D eigenvalue weighted by Crippen LogP contribution is 2.32. The zero-order valence-electron chi connectivity index (χ0n) is 15.1. The minimum Gasteiger partial charge on any atom is -0.390 e. The summed E-state index contributed by atoms with van der Waals surface area (Å²) in [6.45, 7) is 0.299. The van der Waals surface area contributed by atoms with Gasteiger partial charge in [0.05, 0.1) is 12.3 Å². The summed E-state index contributed by atoms with van der Waals surface area (Å²) >= 11 is 0. The van der Waals surface area contributed by atoms with Crippen LogP contribution in [0.2, 0.25) is 0 Å². The summed E-state index contributed by atoms with van der Waals surface area (Å²) in [5, 5.41) is 4.06. The standard InChI is InChI=1S/C21H19F3N2O2/c22-16-6-3-13(4-7-16)20-10-18(28-25-20)12-26(21(27)14-1-2-14)11-15-5-8-17(23)9-19(15)24/h3-9,14,18H,1-2,10-12H2. The number of oxime groups is 1. The summed E-state index contributed by atoms with van der Waals surface area (Å²) in [5.74, 6) is -1.76. The molecule has 1 fully saturated rings. The van der Waals surface area contributed by atoms with E-state index in [1.54, 1.807) is 17.0 Å². The molecule has 1 atom stereocenters. The lowest BCUT2D eigenvalue weighted by atomic mass is 10.0. The van der Waals surface area contributed by atoms with Gasteiger partial charge in [0, 0.05) is 30.5 Å². The van der Waals surface area contributed by atoms with E-state index in [9.17, 15) is 18.0 Å². The number of carbonyl (C=O) groups is 1. The molecule has 2 aliphatic rings. The van der Waals surface area contributed by atoms with Gasteiger partial charge in [0.15, 0.2) is 6.10 Å². The molecule has 28 heavy (non-hydrogen) atoms. The van der Waals surface area contributed by atoms with Gasteiger partial charge in [-0.3, -0.25) is 4.79 Å². The zero-order valence-corrected chi connectivity index (χ0v) is 15.1. The van der Waals surface area contributed by atoms with Gasteiger partial charge in [-0.05, 0) is 36.6 Å². The van der Waals surface area contributed by atoms with Gasteiger partial charge in [-0.2, -0.15) is 0 Å². The Morgan fingerprint density at radius 2 is 1.79 bits per heavy atom. The topological polar surface area (TPSA) is 41.9 Å². The first kappa shape index (κ1) is 18.5. The van der Waals surface area contributed by atoms with E-state index in [1.807, 2.05) is 0 Å². The molecule has 0 radical (unpaired) electrons. The Labute approximate surface area is 160 Å². The van der Waals surface area contributed by atoms with Gasteiger partial charge in [-0.1, -0.05) is 23.4 Å². The van der Waals surface area contributed by atoms with Crippen LogP contribution in [0.25, 0.3) is 0 Å². The van der Waals surface area contributed by atoms with Crippen molar-refractivity contribution in [3.05, 3.63) is 71.0 Å². The van der Waals surface area contributed by atoms with Gasteiger partial charge in [0.25, 0.3) is 0 Å². The largest absolute Gasteiger partial charge is 0.390 e. The lowest BCUT2D eigenvalue weighted by Crippen LogP contribution is -2.38. The summed E-state index contributed by atoms with van der Waals surface area (Å²) in [6, 6.07) is 9.31. The van der Waals surface area contributed by atoms with Crippen LogP contribution in [0, 0.1) is 23.4 Å². The second-order valence-electron chi connectivity index (χ2n) is 7.21.